The Kier molecular flexibility index (Phi) is 6.34. The second-order valence-electron chi connectivity index (χ2n) is 8.14. The standard InChI is InChI=1S/C20H34N2O2/c23-19(17-8-4-1-2-5-9-17)21-18-10-14-22(15-11-18)16-20(24)12-6-3-7-13-20/h8,18,24H,1-7,9-16H2,(H,21,23). The quantitative estimate of drug-likeness (QED) is 0.830. The number of hydrogen-bond donors (Lipinski definition) is 2. The Morgan fingerprint density at radius 3 is 2.58 bits per heavy atom. The summed E-state index contributed by atoms with van der Waals surface area (Å²) in [5.41, 5.74) is 0.547. The SMILES string of the molecule is O=C(NC1CCN(CC2(O)CCCCC2)CC1)C1=CCCCCC1. The lowest BCUT2D eigenvalue weighted by Gasteiger charge is -2.40. The Balaban J connectivity index is 1.41. The summed E-state index contributed by atoms with van der Waals surface area (Å²) < 4.78 is 0. The molecule has 1 saturated carbocycles. The Morgan fingerprint density at radius 1 is 1.12 bits per heavy atom. The van der Waals surface area contributed by atoms with E-state index in [9.17, 15) is 9.90 Å². The van der Waals surface area contributed by atoms with Crippen molar-refractivity contribution < 1.29 is 9.90 Å². The summed E-state index contributed by atoms with van der Waals surface area (Å²) in [6.45, 7) is 2.80. The molecule has 1 saturated heterocycles. The van der Waals surface area contributed by atoms with Crippen molar-refractivity contribution in [1.29, 1.82) is 0 Å². The summed E-state index contributed by atoms with van der Waals surface area (Å²) in [6, 6.07) is 0.305. The van der Waals surface area contributed by atoms with Gasteiger partial charge < -0.3 is 15.3 Å². The highest BCUT2D eigenvalue weighted by Crippen LogP contribution is 2.29. The van der Waals surface area contributed by atoms with Crippen LogP contribution in [0.2, 0.25) is 0 Å². The van der Waals surface area contributed by atoms with Gasteiger partial charge in [0.15, 0.2) is 0 Å². The van der Waals surface area contributed by atoms with Crippen molar-refractivity contribution in [3.8, 4) is 0 Å². The third-order valence-corrected chi connectivity index (χ3v) is 6.06. The van der Waals surface area contributed by atoms with Gasteiger partial charge in [0.05, 0.1) is 5.60 Å². The fourth-order valence-electron chi connectivity index (χ4n) is 4.52. The van der Waals surface area contributed by atoms with Crippen molar-refractivity contribution >= 4 is 5.91 Å². The van der Waals surface area contributed by atoms with E-state index in [2.05, 4.69) is 16.3 Å². The molecular formula is C20H34N2O2. The summed E-state index contributed by atoms with van der Waals surface area (Å²) in [5, 5.41) is 14.0. The average Bonchev–Trinajstić information content (AvgIpc) is 2.86. The summed E-state index contributed by atoms with van der Waals surface area (Å²) in [6.07, 6.45) is 15.3. The molecule has 0 atom stereocenters. The monoisotopic (exact) mass is 334 g/mol. The topological polar surface area (TPSA) is 52.6 Å². The van der Waals surface area contributed by atoms with Crippen LogP contribution in [0.4, 0.5) is 0 Å². The molecule has 0 radical (unpaired) electrons. The Labute approximate surface area is 146 Å². The van der Waals surface area contributed by atoms with Gasteiger partial charge in [0.1, 0.15) is 0 Å². The van der Waals surface area contributed by atoms with Crippen LogP contribution >= 0.6 is 0 Å². The minimum atomic E-state index is -0.459. The molecule has 4 heteroatoms. The Morgan fingerprint density at radius 2 is 1.83 bits per heavy atom. The second-order valence-corrected chi connectivity index (χ2v) is 8.14. The molecule has 2 aliphatic carbocycles. The smallest absolute Gasteiger partial charge is 0.247 e. The molecule has 4 nitrogen and oxygen atoms in total. The lowest BCUT2D eigenvalue weighted by atomic mass is 9.84. The van der Waals surface area contributed by atoms with Crippen LogP contribution in [0, 0.1) is 0 Å². The van der Waals surface area contributed by atoms with E-state index in [0.29, 0.717) is 6.04 Å². The minimum absolute atomic E-state index is 0.168. The second kappa shape index (κ2) is 8.48. The number of likely N-dealkylation sites (tertiary alicyclic amines) is 1. The number of aliphatic hydroxyl groups is 1. The number of piperidine rings is 1. The molecule has 0 unspecified atom stereocenters. The van der Waals surface area contributed by atoms with Gasteiger partial charge in [-0.3, -0.25) is 4.79 Å². The molecule has 1 amide bonds. The van der Waals surface area contributed by atoms with Crippen molar-refractivity contribution in [2.45, 2.75) is 88.7 Å². The number of allylic oxidation sites excluding steroid dienone is 1. The van der Waals surface area contributed by atoms with Crippen molar-refractivity contribution in [2.24, 2.45) is 0 Å². The predicted octanol–water partition coefficient (Wildman–Crippen LogP) is 3.15. The van der Waals surface area contributed by atoms with Gasteiger partial charge in [-0.1, -0.05) is 31.8 Å². The maximum Gasteiger partial charge on any atom is 0.247 e. The van der Waals surface area contributed by atoms with Gasteiger partial charge in [-0.25, -0.2) is 0 Å². The molecule has 0 bridgehead atoms. The predicted molar refractivity (Wildman–Crippen MR) is 96.8 cm³/mol. The van der Waals surface area contributed by atoms with Gasteiger partial charge in [0.25, 0.3) is 0 Å². The van der Waals surface area contributed by atoms with Crippen molar-refractivity contribution in [3.63, 3.8) is 0 Å². The largest absolute Gasteiger partial charge is 0.389 e. The molecule has 0 spiro atoms. The number of β-amino-alcohol motifs (C(OH)–C–C–N with tert-alkyl or cyclic N) is 1. The molecular weight excluding hydrogens is 300 g/mol. The summed E-state index contributed by atoms with van der Waals surface area (Å²) in [7, 11) is 0. The first-order valence-electron chi connectivity index (χ1n) is 10.1. The summed E-state index contributed by atoms with van der Waals surface area (Å²) in [4.78, 5) is 14.8. The molecule has 3 aliphatic rings. The minimum Gasteiger partial charge on any atom is -0.389 e. The average molecular weight is 335 g/mol. The molecule has 0 aromatic heterocycles. The number of carbonyl (C=O) groups is 1. The van der Waals surface area contributed by atoms with Crippen LogP contribution in [0.15, 0.2) is 11.6 Å². The van der Waals surface area contributed by atoms with Gasteiger partial charge in [-0.15, -0.1) is 0 Å². The zero-order chi connectivity index (χ0) is 16.8. The third-order valence-electron chi connectivity index (χ3n) is 6.06. The van der Waals surface area contributed by atoms with Crippen LogP contribution in [-0.2, 0) is 4.79 Å². The van der Waals surface area contributed by atoms with E-state index in [1.54, 1.807) is 0 Å². The highest BCUT2D eigenvalue weighted by atomic mass is 16.3. The van der Waals surface area contributed by atoms with Crippen molar-refractivity contribution in [3.05, 3.63) is 11.6 Å². The summed E-state index contributed by atoms with van der Waals surface area (Å²) >= 11 is 0. The van der Waals surface area contributed by atoms with E-state index in [1.165, 1.54) is 19.3 Å². The molecule has 0 aromatic rings. The maximum absolute atomic E-state index is 12.4. The number of nitrogens with one attached hydrogen (secondary N) is 1. The van der Waals surface area contributed by atoms with Gasteiger partial charge in [0, 0.05) is 31.2 Å². The molecule has 3 rings (SSSR count). The van der Waals surface area contributed by atoms with E-state index in [0.717, 1.165) is 83.0 Å². The zero-order valence-corrected chi connectivity index (χ0v) is 15.1. The number of hydrogen-bond acceptors (Lipinski definition) is 3. The highest BCUT2D eigenvalue weighted by Gasteiger charge is 2.33. The number of nitrogens with zero attached hydrogens (tertiary/aromatic N) is 1. The van der Waals surface area contributed by atoms with E-state index in [-0.39, 0.29) is 5.91 Å². The fourth-order valence-corrected chi connectivity index (χ4v) is 4.52. The van der Waals surface area contributed by atoms with E-state index < -0.39 is 5.60 Å². The first kappa shape index (κ1) is 17.9. The van der Waals surface area contributed by atoms with Gasteiger partial charge in [-0.05, 0) is 51.4 Å². The molecule has 2 N–H and O–H groups in total. The van der Waals surface area contributed by atoms with Crippen LogP contribution in [0.25, 0.3) is 0 Å². The van der Waals surface area contributed by atoms with E-state index in [4.69, 9.17) is 0 Å². The number of rotatable bonds is 4. The molecule has 1 aliphatic heterocycles. The van der Waals surface area contributed by atoms with Gasteiger partial charge in [-0.2, -0.15) is 0 Å². The van der Waals surface area contributed by atoms with Crippen LogP contribution in [0.5, 0.6) is 0 Å². The number of amides is 1. The first-order chi connectivity index (χ1) is 11.6. The Hall–Kier alpha value is -0.870. The molecule has 136 valence electrons. The molecule has 1 heterocycles. The molecule has 24 heavy (non-hydrogen) atoms. The van der Waals surface area contributed by atoms with Crippen LogP contribution in [-0.4, -0.2) is 47.2 Å². The fraction of sp³-hybridized carbons (Fsp3) is 0.850. The highest BCUT2D eigenvalue weighted by molar-refractivity contribution is 5.93. The summed E-state index contributed by atoms with van der Waals surface area (Å²) in [5.74, 6) is 0.168. The molecule has 0 aromatic carbocycles. The maximum atomic E-state index is 12.4. The van der Waals surface area contributed by atoms with Crippen molar-refractivity contribution in [1.82, 2.24) is 10.2 Å². The number of carbonyl (C=O) groups excluding carboxylic acids is 1. The van der Waals surface area contributed by atoms with Crippen LogP contribution in [0.1, 0.15) is 77.0 Å². The van der Waals surface area contributed by atoms with Crippen LogP contribution in [0.3, 0.4) is 0 Å². The molecule has 2 fully saturated rings. The van der Waals surface area contributed by atoms with Gasteiger partial charge >= 0.3 is 0 Å². The zero-order valence-electron chi connectivity index (χ0n) is 15.1. The van der Waals surface area contributed by atoms with Crippen LogP contribution < -0.4 is 5.32 Å². The third kappa shape index (κ3) is 5.06. The Bertz CT molecular complexity index is 447. The first-order valence-corrected chi connectivity index (χ1v) is 10.1. The van der Waals surface area contributed by atoms with E-state index >= 15 is 0 Å². The lowest BCUT2D eigenvalue weighted by molar-refractivity contribution is -0.118. The van der Waals surface area contributed by atoms with Gasteiger partial charge in [0.2, 0.25) is 5.91 Å². The normalized spacial score (nSPS) is 26.5. The lowest BCUT2D eigenvalue weighted by Crippen LogP contribution is -2.50. The van der Waals surface area contributed by atoms with E-state index in [1.807, 2.05) is 0 Å². The van der Waals surface area contributed by atoms with Crippen molar-refractivity contribution in [2.75, 3.05) is 19.6 Å².